The summed E-state index contributed by atoms with van der Waals surface area (Å²) >= 11 is 0. The number of hydrogen-bond donors (Lipinski definition) is 0. The normalized spacial score (nSPS) is 37.2. The van der Waals surface area contributed by atoms with Crippen LogP contribution in [0, 0.1) is 34.5 Å². The Morgan fingerprint density at radius 2 is 1.64 bits per heavy atom. The molecule has 0 unspecified atom stereocenters. The van der Waals surface area contributed by atoms with E-state index in [4.69, 9.17) is 18.6 Å². The van der Waals surface area contributed by atoms with Crippen LogP contribution in [0.15, 0.2) is 11.8 Å². The molecule has 36 heavy (non-hydrogen) atoms. The van der Waals surface area contributed by atoms with Gasteiger partial charge in [0.25, 0.3) is 0 Å². The van der Waals surface area contributed by atoms with Crippen molar-refractivity contribution < 1.29 is 23.4 Å². The van der Waals surface area contributed by atoms with Gasteiger partial charge in [-0.3, -0.25) is 4.79 Å². The SMILES string of the molecule is COCO[C@H]1C(=O)[C@H]2[C@@](CO[Si](C(C)C)(C(C)C)C(C)C)(CC[C@H]3[C@H](C)CC=C(OC)[C@@]32C)C[C@H]1C. The second kappa shape index (κ2) is 11.2. The molecule has 0 bridgehead atoms. The Balaban J connectivity index is 2.12. The third-order valence-corrected chi connectivity index (χ3v) is 16.6. The number of carbonyl (C=O) groups is 1. The lowest BCUT2D eigenvalue weighted by Gasteiger charge is -2.62. The molecule has 2 saturated carbocycles. The van der Waals surface area contributed by atoms with E-state index in [1.807, 2.05) is 0 Å². The van der Waals surface area contributed by atoms with Crippen molar-refractivity contribution in [3.8, 4) is 0 Å². The van der Waals surface area contributed by atoms with Crippen LogP contribution in [0.2, 0.25) is 16.6 Å². The van der Waals surface area contributed by atoms with Gasteiger partial charge >= 0.3 is 0 Å². The lowest BCUT2D eigenvalue weighted by Crippen LogP contribution is -2.65. The van der Waals surface area contributed by atoms with Gasteiger partial charge in [0.15, 0.2) is 14.1 Å². The van der Waals surface area contributed by atoms with Gasteiger partial charge in [0.2, 0.25) is 0 Å². The molecule has 3 aliphatic rings. The van der Waals surface area contributed by atoms with Crippen molar-refractivity contribution in [2.75, 3.05) is 27.6 Å². The fourth-order valence-electron chi connectivity index (χ4n) is 9.30. The van der Waals surface area contributed by atoms with Crippen molar-refractivity contribution in [3.05, 3.63) is 11.8 Å². The van der Waals surface area contributed by atoms with Crippen LogP contribution in [0.25, 0.3) is 0 Å². The first-order valence-electron chi connectivity index (χ1n) is 14.4. The van der Waals surface area contributed by atoms with Gasteiger partial charge in [-0.15, -0.1) is 0 Å². The molecular formula is C30H54O5Si. The Morgan fingerprint density at radius 1 is 1.03 bits per heavy atom. The molecule has 0 aromatic heterocycles. The Bertz CT molecular complexity index is 785. The first kappa shape index (κ1) is 29.9. The van der Waals surface area contributed by atoms with Gasteiger partial charge in [0.05, 0.1) is 12.9 Å². The van der Waals surface area contributed by atoms with E-state index in [1.165, 1.54) is 0 Å². The average molecular weight is 523 g/mol. The van der Waals surface area contributed by atoms with Crippen molar-refractivity contribution in [1.29, 1.82) is 0 Å². The fourth-order valence-corrected chi connectivity index (χ4v) is 14.8. The Hall–Kier alpha value is -0.693. The zero-order valence-corrected chi connectivity index (χ0v) is 26.0. The smallest absolute Gasteiger partial charge is 0.200 e. The molecular weight excluding hydrogens is 468 g/mol. The number of allylic oxidation sites excluding steroid dienone is 2. The summed E-state index contributed by atoms with van der Waals surface area (Å²) in [6.07, 6.45) is 5.90. The first-order valence-corrected chi connectivity index (χ1v) is 16.5. The maximum Gasteiger partial charge on any atom is 0.200 e. The molecule has 0 saturated heterocycles. The lowest BCUT2D eigenvalue weighted by atomic mass is 9.42. The van der Waals surface area contributed by atoms with E-state index in [0.29, 0.717) is 35.1 Å². The van der Waals surface area contributed by atoms with Gasteiger partial charge < -0.3 is 18.6 Å². The van der Waals surface area contributed by atoms with E-state index < -0.39 is 14.4 Å². The van der Waals surface area contributed by atoms with Crippen LogP contribution >= 0.6 is 0 Å². The van der Waals surface area contributed by atoms with E-state index in [-0.39, 0.29) is 35.2 Å². The van der Waals surface area contributed by atoms with Crippen LogP contribution in [0.5, 0.6) is 0 Å². The molecule has 0 aromatic rings. The van der Waals surface area contributed by atoms with Crippen LogP contribution in [-0.4, -0.2) is 47.8 Å². The highest BCUT2D eigenvalue weighted by Gasteiger charge is 2.66. The second-order valence-corrected chi connectivity index (χ2v) is 18.9. The van der Waals surface area contributed by atoms with Crippen LogP contribution < -0.4 is 0 Å². The molecule has 0 spiro atoms. The molecule has 3 rings (SSSR count). The highest BCUT2D eigenvalue weighted by Crippen LogP contribution is 2.66. The van der Waals surface area contributed by atoms with Gasteiger partial charge in [-0.1, -0.05) is 62.3 Å². The highest BCUT2D eigenvalue weighted by molar-refractivity contribution is 6.77. The largest absolute Gasteiger partial charge is 0.501 e. The molecule has 0 aliphatic heterocycles. The molecule has 0 heterocycles. The molecule has 208 valence electrons. The number of carbonyl (C=O) groups excluding carboxylic acids is 1. The van der Waals surface area contributed by atoms with Crippen molar-refractivity contribution in [3.63, 3.8) is 0 Å². The quantitative estimate of drug-likeness (QED) is 0.221. The standard InChI is InChI=1S/C30H54O5Si/c1-19(2)36(20(3)4,21(5)6)35-17-30-15-14-24-22(7)12-13-25(33-11)29(24,9)28(30)26(31)27(23(8)16-30)34-18-32-10/h13,19-24,27-28H,12,14-18H2,1-11H3/t22-,23-,24+,27-,28-,29-,30+/m1/s1. The Labute approximate surface area is 222 Å². The number of rotatable bonds is 10. The Morgan fingerprint density at radius 3 is 2.17 bits per heavy atom. The van der Waals surface area contributed by atoms with Gasteiger partial charge in [0, 0.05) is 30.5 Å². The number of methoxy groups -OCH3 is 2. The maximum absolute atomic E-state index is 14.5. The topological polar surface area (TPSA) is 54.0 Å². The number of hydrogen-bond acceptors (Lipinski definition) is 5. The fraction of sp³-hybridized carbons (Fsp3) is 0.900. The molecule has 5 nitrogen and oxygen atoms in total. The zero-order chi connectivity index (χ0) is 27.1. The second-order valence-electron chi connectivity index (χ2n) is 13.4. The predicted molar refractivity (Wildman–Crippen MR) is 148 cm³/mol. The molecule has 7 atom stereocenters. The summed E-state index contributed by atoms with van der Waals surface area (Å²) in [7, 11) is 1.31. The van der Waals surface area contributed by atoms with Gasteiger partial charge in [-0.25, -0.2) is 0 Å². The van der Waals surface area contributed by atoms with E-state index >= 15 is 0 Å². The maximum atomic E-state index is 14.5. The third-order valence-electron chi connectivity index (χ3n) is 10.5. The molecule has 0 aromatic carbocycles. The minimum absolute atomic E-state index is 0.122. The van der Waals surface area contributed by atoms with E-state index in [0.717, 1.165) is 31.4 Å². The lowest BCUT2D eigenvalue weighted by molar-refractivity contribution is -0.192. The number of fused-ring (bicyclic) bond motifs is 3. The molecule has 0 amide bonds. The van der Waals surface area contributed by atoms with Crippen LogP contribution in [0.1, 0.15) is 88.0 Å². The molecule has 2 fully saturated rings. The predicted octanol–water partition coefficient (Wildman–Crippen LogP) is 7.37. The van der Waals surface area contributed by atoms with Crippen LogP contribution in [0.3, 0.4) is 0 Å². The van der Waals surface area contributed by atoms with Crippen LogP contribution in [-0.2, 0) is 23.4 Å². The molecule has 3 aliphatic carbocycles. The summed E-state index contributed by atoms with van der Waals surface area (Å²) in [4.78, 5) is 14.5. The number of ketones is 1. The van der Waals surface area contributed by atoms with Crippen molar-refractivity contribution in [2.24, 2.45) is 34.5 Å². The molecule has 0 N–H and O–H groups in total. The summed E-state index contributed by atoms with van der Waals surface area (Å²) in [5.74, 6) is 2.09. The highest BCUT2D eigenvalue weighted by atomic mass is 28.4. The first-order chi connectivity index (χ1) is 16.8. The van der Waals surface area contributed by atoms with Crippen molar-refractivity contribution in [2.45, 2.75) is 111 Å². The van der Waals surface area contributed by atoms with Crippen molar-refractivity contribution >= 4 is 14.1 Å². The minimum atomic E-state index is -2.09. The van der Waals surface area contributed by atoms with E-state index in [9.17, 15) is 4.79 Å². The average Bonchev–Trinajstić information content (AvgIpc) is 2.78. The summed E-state index contributed by atoms with van der Waals surface area (Å²) in [5, 5.41) is 0. The summed E-state index contributed by atoms with van der Waals surface area (Å²) in [5.41, 5.74) is 0.978. The van der Waals surface area contributed by atoms with Gasteiger partial charge in [-0.05, 0) is 66.1 Å². The van der Waals surface area contributed by atoms with Crippen molar-refractivity contribution in [1.82, 2.24) is 0 Å². The van der Waals surface area contributed by atoms with Gasteiger partial charge in [0.1, 0.15) is 12.9 Å². The third kappa shape index (κ3) is 4.67. The monoisotopic (exact) mass is 522 g/mol. The van der Waals surface area contributed by atoms with E-state index in [1.54, 1.807) is 14.2 Å². The Kier molecular flexibility index (Phi) is 9.28. The van der Waals surface area contributed by atoms with E-state index in [2.05, 4.69) is 68.4 Å². The minimum Gasteiger partial charge on any atom is -0.501 e. The number of Topliss-reactive ketones (excluding diaryl/α,β-unsaturated/α-hetero) is 1. The summed E-state index contributed by atoms with van der Waals surface area (Å²) < 4.78 is 24.7. The molecule has 6 heteroatoms. The van der Waals surface area contributed by atoms with Gasteiger partial charge in [-0.2, -0.15) is 0 Å². The summed E-state index contributed by atoms with van der Waals surface area (Å²) in [6, 6.07) is 0. The zero-order valence-electron chi connectivity index (χ0n) is 25.0. The summed E-state index contributed by atoms with van der Waals surface area (Å²) in [6.45, 7) is 21.7. The van der Waals surface area contributed by atoms with Crippen LogP contribution in [0.4, 0.5) is 0 Å². The molecule has 0 radical (unpaired) electrons. The number of ether oxygens (including phenoxy) is 3.